The third kappa shape index (κ3) is 5.51. The van der Waals surface area contributed by atoms with Gasteiger partial charge in [-0.15, -0.1) is 0 Å². The summed E-state index contributed by atoms with van der Waals surface area (Å²) in [6, 6.07) is 12.4. The van der Waals surface area contributed by atoms with Crippen LogP contribution in [0.2, 0.25) is 5.02 Å². The quantitative estimate of drug-likeness (QED) is 0.742. The van der Waals surface area contributed by atoms with E-state index in [4.69, 9.17) is 16.3 Å². The van der Waals surface area contributed by atoms with Gasteiger partial charge in [-0.3, -0.25) is 9.59 Å². The average Bonchev–Trinajstić information content (AvgIpc) is 3.00. The number of carbonyl (C=O) groups is 2. The van der Waals surface area contributed by atoms with Crippen LogP contribution in [0.15, 0.2) is 42.5 Å². The molecule has 5 nitrogen and oxygen atoms in total. The fourth-order valence-corrected chi connectivity index (χ4v) is 3.52. The van der Waals surface area contributed by atoms with Crippen molar-refractivity contribution in [1.29, 1.82) is 0 Å². The molecule has 154 valence electrons. The fourth-order valence-electron chi connectivity index (χ4n) is 3.41. The smallest absolute Gasteiger partial charge is 0.265 e. The van der Waals surface area contributed by atoms with Crippen LogP contribution in [-0.4, -0.2) is 35.9 Å². The molecule has 0 bridgehead atoms. The van der Waals surface area contributed by atoms with E-state index in [1.165, 1.54) is 0 Å². The minimum Gasteiger partial charge on any atom is -0.481 e. The molecule has 1 heterocycles. The summed E-state index contributed by atoms with van der Waals surface area (Å²) < 4.78 is 5.75. The number of anilines is 1. The monoisotopic (exact) mass is 414 g/mol. The number of aryl methyl sites for hydroxylation is 1. The molecule has 29 heavy (non-hydrogen) atoms. The van der Waals surface area contributed by atoms with Crippen LogP contribution in [0, 0.1) is 6.92 Å². The van der Waals surface area contributed by atoms with E-state index in [9.17, 15) is 9.59 Å². The van der Waals surface area contributed by atoms with Crippen molar-refractivity contribution in [3.8, 4) is 5.75 Å². The minimum atomic E-state index is -0.725. The highest BCUT2D eigenvalue weighted by molar-refractivity contribution is 6.31. The molecule has 2 aromatic carbocycles. The van der Waals surface area contributed by atoms with E-state index in [1.54, 1.807) is 37.3 Å². The van der Waals surface area contributed by atoms with E-state index < -0.39 is 6.10 Å². The normalized spacial score (nSPS) is 15.3. The summed E-state index contributed by atoms with van der Waals surface area (Å²) in [7, 11) is 0. The van der Waals surface area contributed by atoms with Crippen molar-refractivity contribution >= 4 is 29.1 Å². The van der Waals surface area contributed by atoms with Crippen LogP contribution in [0.5, 0.6) is 5.75 Å². The third-order valence-corrected chi connectivity index (χ3v) is 5.54. The number of carbonyl (C=O) groups excluding carboxylic acids is 2. The highest BCUT2D eigenvalue weighted by Gasteiger charge is 2.22. The lowest BCUT2D eigenvalue weighted by Gasteiger charge is -2.22. The Balaban J connectivity index is 1.69. The molecule has 1 aliphatic heterocycles. The SMILES string of the molecule is Cc1cc(OC(C)C(=O)Nc2ccccc2C(=O)N2CCCCCC2)ccc1Cl. The molecular weight excluding hydrogens is 388 g/mol. The Labute approximate surface area is 177 Å². The number of hydrogen-bond acceptors (Lipinski definition) is 3. The van der Waals surface area contributed by atoms with Gasteiger partial charge in [-0.2, -0.15) is 0 Å². The predicted octanol–water partition coefficient (Wildman–Crippen LogP) is 5.07. The fraction of sp³-hybridized carbons (Fsp3) is 0.391. The minimum absolute atomic E-state index is 0.0373. The van der Waals surface area contributed by atoms with Crippen LogP contribution < -0.4 is 10.1 Å². The highest BCUT2D eigenvalue weighted by Crippen LogP contribution is 2.23. The number of hydrogen-bond donors (Lipinski definition) is 1. The molecule has 1 aliphatic rings. The Bertz CT molecular complexity index is 876. The number of likely N-dealkylation sites (tertiary alicyclic amines) is 1. The van der Waals surface area contributed by atoms with Gasteiger partial charge < -0.3 is 15.0 Å². The molecule has 0 spiro atoms. The summed E-state index contributed by atoms with van der Waals surface area (Å²) in [4.78, 5) is 27.6. The molecule has 0 radical (unpaired) electrons. The zero-order valence-corrected chi connectivity index (χ0v) is 17.7. The summed E-state index contributed by atoms with van der Waals surface area (Å²) >= 11 is 6.04. The van der Waals surface area contributed by atoms with E-state index >= 15 is 0 Å². The number of rotatable bonds is 5. The molecule has 1 fully saturated rings. The van der Waals surface area contributed by atoms with Gasteiger partial charge in [-0.1, -0.05) is 36.6 Å². The van der Waals surface area contributed by atoms with Crippen LogP contribution in [0.25, 0.3) is 0 Å². The number of amides is 2. The Morgan fingerprint density at radius 1 is 1.07 bits per heavy atom. The molecule has 1 N–H and O–H groups in total. The van der Waals surface area contributed by atoms with E-state index in [0.717, 1.165) is 44.3 Å². The molecule has 6 heteroatoms. The first kappa shape index (κ1) is 21.2. The summed E-state index contributed by atoms with van der Waals surface area (Å²) in [5.74, 6) is 0.224. The van der Waals surface area contributed by atoms with E-state index in [1.807, 2.05) is 24.0 Å². The maximum atomic E-state index is 13.0. The van der Waals surface area contributed by atoms with Gasteiger partial charge in [0.2, 0.25) is 0 Å². The van der Waals surface area contributed by atoms with Gasteiger partial charge in [-0.25, -0.2) is 0 Å². The van der Waals surface area contributed by atoms with Crippen LogP contribution in [-0.2, 0) is 4.79 Å². The first-order valence-electron chi connectivity index (χ1n) is 10.1. The molecular formula is C23H27ClN2O3. The number of nitrogens with one attached hydrogen (secondary N) is 1. The molecule has 0 aliphatic carbocycles. The van der Waals surface area contributed by atoms with Crippen molar-refractivity contribution in [2.45, 2.75) is 45.6 Å². The molecule has 1 atom stereocenters. The third-order valence-electron chi connectivity index (χ3n) is 5.12. The lowest BCUT2D eigenvalue weighted by atomic mass is 10.1. The second kappa shape index (κ2) is 9.79. The predicted molar refractivity (Wildman–Crippen MR) is 116 cm³/mol. The number of benzene rings is 2. The molecule has 2 amide bonds. The number of ether oxygens (including phenoxy) is 1. The maximum Gasteiger partial charge on any atom is 0.265 e. The standard InChI is InChI=1S/C23H27ClN2O3/c1-16-15-18(11-12-20(16)24)29-17(2)22(27)25-21-10-6-5-9-19(21)23(28)26-13-7-3-4-8-14-26/h5-6,9-12,15,17H,3-4,7-8,13-14H2,1-2H3,(H,25,27). The van der Waals surface area contributed by atoms with Gasteiger partial charge in [0, 0.05) is 18.1 Å². The van der Waals surface area contributed by atoms with Gasteiger partial charge in [-0.05, 0) is 62.6 Å². The summed E-state index contributed by atoms with van der Waals surface area (Å²) in [5.41, 5.74) is 1.90. The van der Waals surface area contributed by atoms with Gasteiger partial charge in [0.15, 0.2) is 6.10 Å². The Hall–Kier alpha value is -2.53. The number of nitrogens with zero attached hydrogens (tertiary/aromatic N) is 1. The van der Waals surface area contributed by atoms with Gasteiger partial charge >= 0.3 is 0 Å². The van der Waals surface area contributed by atoms with Crippen molar-refractivity contribution in [2.24, 2.45) is 0 Å². The second-order valence-corrected chi connectivity index (χ2v) is 7.82. The van der Waals surface area contributed by atoms with E-state index in [0.29, 0.717) is 22.0 Å². The van der Waals surface area contributed by atoms with Crippen molar-refractivity contribution in [2.75, 3.05) is 18.4 Å². The zero-order chi connectivity index (χ0) is 20.8. The van der Waals surface area contributed by atoms with Crippen molar-refractivity contribution in [3.63, 3.8) is 0 Å². The van der Waals surface area contributed by atoms with Crippen molar-refractivity contribution < 1.29 is 14.3 Å². The molecule has 2 aromatic rings. The number of para-hydroxylation sites is 1. The van der Waals surface area contributed by atoms with Crippen LogP contribution in [0.1, 0.15) is 48.5 Å². The molecule has 1 unspecified atom stereocenters. The topological polar surface area (TPSA) is 58.6 Å². The first-order chi connectivity index (χ1) is 14.0. The lowest BCUT2D eigenvalue weighted by molar-refractivity contribution is -0.122. The van der Waals surface area contributed by atoms with Crippen LogP contribution >= 0.6 is 11.6 Å². The zero-order valence-electron chi connectivity index (χ0n) is 16.9. The van der Waals surface area contributed by atoms with Gasteiger partial charge in [0.05, 0.1) is 11.3 Å². The van der Waals surface area contributed by atoms with Gasteiger partial charge in [0.25, 0.3) is 11.8 Å². The molecule has 0 aromatic heterocycles. The Morgan fingerprint density at radius 3 is 2.45 bits per heavy atom. The van der Waals surface area contributed by atoms with Crippen LogP contribution in [0.4, 0.5) is 5.69 Å². The van der Waals surface area contributed by atoms with E-state index in [-0.39, 0.29) is 11.8 Å². The Kier molecular flexibility index (Phi) is 7.15. The summed E-state index contributed by atoms with van der Waals surface area (Å²) in [5, 5.41) is 3.50. The largest absolute Gasteiger partial charge is 0.481 e. The average molecular weight is 415 g/mol. The molecule has 1 saturated heterocycles. The maximum absolute atomic E-state index is 13.0. The van der Waals surface area contributed by atoms with E-state index in [2.05, 4.69) is 5.32 Å². The summed E-state index contributed by atoms with van der Waals surface area (Å²) in [6.07, 6.45) is 3.62. The second-order valence-electron chi connectivity index (χ2n) is 7.41. The van der Waals surface area contributed by atoms with Crippen molar-refractivity contribution in [3.05, 3.63) is 58.6 Å². The van der Waals surface area contributed by atoms with Gasteiger partial charge in [0.1, 0.15) is 5.75 Å². The first-order valence-corrected chi connectivity index (χ1v) is 10.5. The summed E-state index contributed by atoms with van der Waals surface area (Å²) in [6.45, 7) is 5.08. The van der Waals surface area contributed by atoms with Crippen molar-refractivity contribution in [1.82, 2.24) is 4.90 Å². The molecule has 0 saturated carbocycles. The Morgan fingerprint density at radius 2 is 1.76 bits per heavy atom. The van der Waals surface area contributed by atoms with Crippen LogP contribution in [0.3, 0.4) is 0 Å². The molecule has 3 rings (SSSR count). The lowest BCUT2D eigenvalue weighted by Crippen LogP contribution is -2.34. The number of halogens is 1. The highest BCUT2D eigenvalue weighted by atomic mass is 35.5.